The van der Waals surface area contributed by atoms with E-state index in [2.05, 4.69) is 41.3 Å². The first-order chi connectivity index (χ1) is 11.8. The Morgan fingerprint density at radius 2 is 1.92 bits per heavy atom. The van der Waals surface area contributed by atoms with Crippen LogP contribution in [0, 0.1) is 0 Å². The molecule has 7 nitrogen and oxygen atoms in total. The molecule has 0 saturated heterocycles. The van der Waals surface area contributed by atoms with Crippen molar-refractivity contribution >= 4 is 11.6 Å². The lowest BCUT2D eigenvalue weighted by molar-refractivity contribution is 0.101. The Hall–Kier alpha value is -2.96. The van der Waals surface area contributed by atoms with Gasteiger partial charge in [0.2, 0.25) is 0 Å². The molecular formula is C18H22N6O. The Labute approximate surface area is 146 Å². The van der Waals surface area contributed by atoms with Crippen molar-refractivity contribution in [1.29, 1.82) is 0 Å². The van der Waals surface area contributed by atoms with Crippen molar-refractivity contribution in [2.24, 2.45) is 7.05 Å². The number of benzene rings is 1. The van der Waals surface area contributed by atoms with Crippen molar-refractivity contribution in [3.8, 4) is 0 Å². The molecular weight excluding hydrogens is 316 g/mol. The van der Waals surface area contributed by atoms with Gasteiger partial charge in [-0.2, -0.15) is 10.2 Å². The summed E-state index contributed by atoms with van der Waals surface area (Å²) in [6.07, 6.45) is 3.18. The normalized spacial score (nSPS) is 11.5. The van der Waals surface area contributed by atoms with Gasteiger partial charge < -0.3 is 5.32 Å². The fourth-order valence-corrected chi connectivity index (χ4v) is 2.44. The molecule has 1 aromatic carbocycles. The second kappa shape index (κ2) is 6.51. The second-order valence-corrected chi connectivity index (χ2v) is 7.03. The molecule has 2 aromatic heterocycles. The van der Waals surface area contributed by atoms with Gasteiger partial charge in [-0.15, -0.1) is 0 Å². The number of anilines is 1. The maximum atomic E-state index is 12.5. The average Bonchev–Trinajstić information content (AvgIpc) is 3.18. The molecule has 0 aliphatic carbocycles. The average molecular weight is 338 g/mol. The van der Waals surface area contributed by atoms with Gasteiger partial charge in [0.1, 0.15) is 18.3 Å². The summed E-state index contributed by atoms with van der Waals surface area (Å²) in [6, 6.07) is 9.52. The monoisotopic (exact) mass is 338 g/mol. The van der Waals surface area contributed by atoms with Crippen LogP contribution in [0.5, 0.6) is 0 Å². The summed E-state index contributed by atoms with van der Waals surface area (Å²) < 4.78 is 3.37. The highest BCUT2D eigenvalue weighted by molar-refractivity contribution is 6.03. The number of rotatable bonds is 4. The quantitative estimate of drug-likeness (QED) is 0.793. The number of carbonyl (C=O) groups excluding carboxylic acids is 1. The minimum atomic E-state index is -0.172. The Bertz CT molecular complexity index is 856. The molecule has 0 aliphatic rings. The lowest BCUT2D eigenvalue weighted by atomic mass is 9.92. The van der Waals surface area contributed by atoms with Gasteiger partial charge in [0.25, 0.3) is 5.91 Å². The highest BCUT2D eigenvalue weighted by Gasteiger charge is 2.21. The Morgan fingerprint density at radius 1 is 1.20 bits per heavy atom. The highest BCUT2D eigenvalue weighted by atomic mass is 16.2. The van der Waals surface area contributed by atoms with Crippen LogP contribution in [-0.2, 0) is 19.0 Å². The molecule has 0 unspecified atom stereocenters. The van der Waals surface area contributed by atoms with Crippen LogP contribution in [-0.4, -0.2) is 30.5 Å². The molecule has 2 heterocycles. The van der Waals surface area contributed by atoms with Crippen molar-refractivity contribution < 1.29 is 4.79 Å². The number of carbonyl (C=O) groups is 1. The Balaban J connectivity index is 1.70. The number of aromatic nitrogens is 5. The summed E-state index contributed by atoms with van der Waals surface area (Å²) in [4.78, 5) is 16.4. The first-order valence-electron chi connectivity index (χ1n) is 8.10. The fourth-order valence-electron chi connectivity index (χ4n) is 2.44. The molecule has 0 saturated carbocycles. The zero-order chi connectivity index (χ0) is 18.0. The lowest BCUT2D eigenvalue weighted by Gasteiger charge is -2.13. The molecule has 0 fully saturated rings. The molecule has 1 amide bonds. The van der Waals surface area contributed by atoms with Crippen molar-refractivity contribution in [1.82, 2.24) is 24.5 Å². The SMILES string of the molecule is Cn1nc(C(C)(C)C)cc1C(=O)Nc1ccc(Cn2cncn2)cc1. The number of nitrogens with one attached hydrogen (secondary N) is 1. The molecule has 1 N–H and O–H groups in total. The predicted molar refractivity (Wildman–Crippen MR) is 95.4 cm³/mol. The van der Waals surface area contributed by atoms with Crippen LogP contribution in [0.15, 0.2) is 43.0 Å². The van der Waals surface area contributed by atoms with Crippen LogP contribution >= 0.6 is 0 Å². The van der Waals surface area contributed by atoms with Crippen molar-refractivity contribution in [3.05, 3.63) is 59.9 Å². The van der Waals surface area contributed by atoms with Crippen LogP contribution in [0.3, 0.4) is 0 Å². The van der Waals surface area contributed by atoms with E-state index in [-0.39, 0.29) is 11.3 Å². The maximum absolute atomic E-state index is 12.5. The van der Waals surface area contributed by atoms with Gasteiger partial charge in [-0.1, -0.05) is 32.9 Å². The first-order valence-corrected chi connectivity index (χ1v) is 8.10. The van der Waals surface area contributed by atoms with E-state index in [1.54, 1.807) is 22.7 Å². The van der Waals surface area contributed by atoms with E-state index in [1.165, 1.54) is 6.33 Å². The molecule has 0 radical (unpaired) electrons. The zero-order valence-corrected chi connectivity index (χ0v) is 14.9. The molecule has 7 heteroatoms. The van der Waals surface area contributed by atoms with E-state index < -0.39 is 0 Å². The van der Waals surface area contributed by atoms with Crippen LogP contribution in [0.4, 0.5) is 5.69 Å². The summed E-state index contributed by atoms with van der Waals surface area (Å²) >= 11 is 0. The number of hydrogen-bond donors (Lipinski definition) is 1. The predicted octanol–water partition coefficient (Wildman–Crippen LogP) is 2.61. The molecule has 0 spiro atoms. The molecule has 0 bridgehead atoms. The topological polar surface area (TPSA) is 77.6 Å². The molecule has 0 aliphatic heterocycles. The fraction of sp³-hybridized carbons (Fsp3) is 0.333. The standard InChI is InChI=1S/C18H22N6O/c1-18(2,3)16-9-15(23(4)22-16)17(25)21-14-7-5-13(6-8-14)10-24-12-19-11-20-24/h5-9,11-12H,10H2,1-4H3,(H,21,25). The number of hydrogen-bond acceptors (Lipinski definition) is 4. The molecule has 25 heavy (non-hydrogen) atoms. The number of nitrogens with zero attached hydrogens (tertiary/aromatic N) is 5. The lowest BCUT2D eigenvalue weighted by Crippen LogP contribution is -2.16. The van der Waals surface area contributed by atoms with E-state index >= 15 is 0 Å². The van der Waals surface area contributed by atoms with Crippen LogP contribution in [0.25, 0.3) is 0 Å². The highest BCUT2D eigenvalue weighted by Crippen LogP contribution is 2.22. The van der Waals surface area contributed by atoms with E-state index in [0.29, 0.717) is 12.2 Å². The van der Waals surface area contributed by atoms with Gasteiger partial charge in [-0.05, 0) is 23.8 Å². The van der Waals surface area contributed by atoms with E-state index in [0.717, 1.165) is 16.9 Å². The summed E-state index contributed by atoms with van der Waals surface area (Å²) in [5.74, 6) is -0.172. The number of aryl methyl sites for hydroxylation is 1. The van der Waals surface area contributed by atoms with Crippen molar-refractivity contribution in [2.75, 3.05) is 5.32 Å². The van der Waals surface area contributed by atoms with E-state index in [9.17, 15) is 4.79 Å². The van der Waals surface area contributed by atoms with Gasteiger partial charge in [0, 0.05) is 18.2 Å². The Kier molecular flexibility index (Phi) is 4.39. The van der Waals surface area contributed by atoms with E-state index in [1.807, 2.05) is 30.3 Å². The van der Waals surface area contributed by atoms with Crippen molar-refractivity contribution in [2.45, 2.75) is 32.7 Å². The van der Waals surface area contributed by atoms with E-state index in [4.69, 9.17) is 0 Å². The summed E-state index contributed by atoms with van der Waals surface area (Å²) in [6.45, 7) is 6.87. The van der Waals surface area contributed by atoms with Gasteiger partial charge in [0.05, 0.1) is 12.2 Å². The molecule has 0 atom stereocenters. The van der Waals surface area contributed by atoms with Gasteiger partial charge in [-0.3, -0.25) is 9.48 Å². The minimum absolute atomic E-state index is 0.0979. The Morgan fingerprint density at radius 3 is 2.48 bits per heavy atom. The van der Waals surface area contributed by atoms with Crippen LogP contribution in [0.2, 0.25) is 0 Å². The summed E-state index contributed by atoms with van der Waals surface area (Å²) in [7, 11) is 1.78. The zero-order valence-electron chi connectivity index (χ0n) is 14.9. The third kappa shape index (κ3) is 3.93. The third-order valence-electron chi connectivity index (χ3n) is 3.90. The number of amides is 1. The van der Waals surface area contributed by atoms with Crippen LogP contribution < -0.4 is 5.32 Å². The summed E-state index contributed by atoms with van der Waals surface area (Å²) in [5, 5.41) is 11.4. The van der Waals surface area contributed by atoms with Gasteiger partial charge in [-0.25, -0.2) is 9.67 Å². The molecule has 3 aromatic rings. The first kappa shape index (κ1) is 16.9. The van der Waals surface area contributed by atoms with Crippen LogP contribution in [0.1, 0.15) is 42.5 Å². The second-order valence-electron chi connectivity index (χ2n) is 7.03. The van der Waals surface area contributed by atoms with Gasteiger partial charge in [0.15, 0.2) is 0 Å². The van der Waals surface area contributed by atoms with Crippen molar-refractivity contribution in [3.63, 3.8) is 0 Å². The maximum Gasteiger partial charge on any atom is 0.273 e. The van der Waals surface area contributed by atoms with Gasteiger partial charge >= 0.3 is 0 Å². The summed E-state index contributed by atoms with van der Waals surface area (Å²) in [5.41, 5.74) is 3.16. The molecule has 130 valence electrons. The molecule has 3 rings (SSSR count). The largest absolute Gasteiger partial charge is 0.321 e. The third-order valence-corrected chi connectivity index (χ3v) is 3.90. The minimum Gasteiger partial charge on any atom is -0.321 e. The smallest absolute Gasteiger partial charge is 0.273 e.